The summed E-state index contributed by atoms with van der Waals surface area (Å²) in [7, 11) is 0. The lowest BCUT2D eigenvalue weighted by Crippen LogP contribution is -2.20. The van der Waals surface area contributed by atoms with E-state index in [1.54, 1.807) is 0 Å². The molecule has 2 unspecified atom stereocenters. The minimum atomic E-state index is -0.161. The summed E-state index contributed by atoms with van der Waals surface area (Å²) in [5, 5.41) is 8.92. The molecule has 0 fully saturated rings. The maximum atomic E-state index is 8.92. The zero-order valence-corrected chi connectivity index (χ0v) is 8.70. The van der Waals surface area contributed by atoms with Crippen molar-refractivity contribution in [2.45, 2.75) is 26.3 Å². The van der Waals surface area contributed by atoms with Gasteiger partial charge in [0, 0.05) is 6.04 Å². The summed E-state index contributed by atoms with van der Waals surface area (Å²) in [4.78, 5) is 0. The van der Waals surface area contributed by atoms with Crippen molar-refractivity contribution >= 4 is 0 Å². The van der Waals surface area contributed by atoms with Crippen molar-refractivity contribution in [3.63, 3.8) is 0 Å². The zero-order valence-electron chi connectivity index (χ0n) is 8.70. The van der Waals surface area contributed by atoms with Gasteiger partial charge in [0.2, 0.25) is 0 Å². The summed E-state index contributed by atoms with van der Waals surface area (Å²) in [6.45, 7) is 4.02. The fourth-order valence-corrected chi connectivity index (χ4v) is 1.60. The Morgan fingerprint density at radius 1 is 1.43 bits per heavy atom. The van der Waals surface area contributed by atoms with E-state index in [0.717, 1.165) is 17.5 Å². The molecule has 14 heavy (non-hydrogen) atoms. The molecule has 0 aliphatic heterocycles. The monoisotopic (exact) mass is 188 g/mol. The van der Waals surface area contributed by atoms with Crippen LogP contribution in [-0.2, 0) is 0 Å². The highest BCUT2D eigenvalue weighted by Crippen LogP contribution is 2.23. The van der Waals surface area contributed by atoms with E-state index < -0.39 is 0 Å². The Hall–Kier alpha value is -1.33. The molecule has 2 atom stereocenters. The smallest absolute Gasteiger partial charge is 0.0675 e. The molecule has 0 aromatic heterocycles. The van der Waals surface area contributed by atoms with Gasteiger partial charge in [-0.1, -0.05) is 31.2 Å². The van der Waals surface area contributed by atoms with Gasteiger partial charge in [-0.3, -0.25) is 0 Å². The Morgan fingerprint density at radius 2 is 2.07 bits per heavy atom. The molecule has 0 bridgehead atoms. The first kappa shape index (κ1) is 10.7. The largest absolute Gasteiger partial charge is 0.323 e. The molecule has 0 aliphatic rings. The van der Waals surface area contributed by atoms with E-state index in [1.165, 1.54) is 0 Å². The van der Waals surface area contributed by atoms with E-state index in [1.807, 2.05) is 38.1 Å². The van der Waals surface area contributed by atoms with Crippen molar-refractivity contribution in [3.8, 4) is 6.07 Å². The summed E-state index contributed by atoms with van der Waals surface area (Å²) >= 11 is 0. The van der Waals surface area contributed by atoms with Gasteiger partial charge >= 0.3 is 0 Å². The highest BCUT2D eigenvalue weighted by Gasteiger charge is 2.18. The molecule has 0 amide bonds. The molecule has 0 heterocycles. The number of aryl methyl sites for hydroxylation is 1. The molecule has 0 aliphatic carbocycles. The maximum Gasteiger partial charge on any atom is 0.0675 e. The number of nitrogens with zero attached hydrogens (tertiary/aromatic N) is 1. The normalized spacial score (nSPS) is 14.4. The number of hydrogen-bond acceptors (Lipinski definition) is 2. The molecule has 2 N–H and O–H groups in total. The van der Waals surface area contributed by atoms with E-state index in [-0.39, 0.29) is 12.0 Å². The van der Waals surface area contributed by atoms with Gasteiger partial charge < -0.3 is 5.73 Å². The van der Waals surface area contributed by atoms with Crippen LogP contribution in [0.25, 0.3) is 0 Å². The van der Waals surface area contributed by atoms with Crippen molar-refractivity contribution in [1.82, 2.24) is 0 Å². The quantitative estimate of drug-likeness (QED) is 0.792. The second-order valence-corrected chi connectivity index (χ2v) is 3.53. The molecule has 2 nitrogen and oxygen atoms in total. The van der Waals surface area contributed by atoms with E-state index in [9.17, 15) is 0 Å². The summed E-state index contributed by atoms with van der Waals surface area (Å²) in [5.74, 6) is -0.0869. The molecule has 0 saturated heterocycles. The highest BCUT2D eigenvalue weighted by atomic mass is 14.7. The number of rotatable bonds is 3. The molecule has 0 radical (unpaired) electrons. The SMILES string of the molecule is CCC(C#N)C(N)c1ccccc1C. The molecule has 0 saturated carbocycles. The first-order valence-electron chi connectivity index (χ1n) is 4.91. The van der Waals surface area contributed by atoms with Gasteiger partial charge in [0.15, 0.2) is 0 Å². The highest BCUT2D eigenvalue weighted by molar-refractivity contribution is 5.29. The third-order valence-corrected chi connectivity index (χ3v) is 2.59. The predicted molar refractivity (Wildman–Crippen MR) is 57.5 cm³/mol. The fourth-order valence-electron chi connectivity index (χ4n) is 1.60. The van der Waals surface area contributed by atoms with Crippen LogP contribution < -0.4 is 5.73 Å². The van der Waals surface area contributed by atoms with Crippen LogP contribution in [0.2, 0.25) is 0 Å². The number of nitrogens with two attached hydrogens (primary N) is 1. The van der Waals surface area contributed by atoms with Gasteiger partial charge in [-0.2, -0.15) is 5.26 Å². The van der Waals surface area contributed by atoms with E-state index >= 15 is 0 Å². The van der Waals surface area contributed by atoms with Crippen molar-refractivity contribution in [1.29, 1.82) is 5.26 Å². The van der Waals surface area contributed by atoms with Crippen LogP contribution in [0.4, 0.5) is 0 Å². The lowest BCUT2D eigenvalue weighted by molar-refractivity contribution is 0.516. The second kappa shape index (κ2) is 4.78. The van der Waals surface area contributed by atoms with Crippen LogP contribution in [0.3, 0.4) is 0 Å². The number of hydrogen-bond donors (Lipinski definition) is 1. The minimum absolute atomic E-state index is 0.0869. The van der Waals surface area contributed by atoms with Gasteiger partial charge in [0.05, 0.1) is 12.0 Å². The van der Waals surface area contributed by atoms with Crippen LogP contribution in [0.1, 0.15) is 30.5 Å². The van der Waals surface area contributed by atoms with E-state index in [2.05, 4.69) is 6.07 Å². The molecular weight excluding hydrogens is 172 g/mol. The molecule has 1 aromatic rings. The average molecular weight is 188 g/mol. The van der Waals surface area contributed by atoms with Crippen LogP contribution >= 0.6 is 0 Å². The van der Waals surface area contributed by atoms with Crippen molar-refractivity contribution in [2.24, 2.45) is 11.7 Å². The third-order valence-electron chi connectivity index (χ3n) is 2.59. The molecule has 0 spiro atoms. The average Bonchev–Trinajstić information content (AvgIpc) is 2.20. The van der Waals surface area contributed by atoms with Crippen LogP contribution in [-0.4, -0.2) is 0 Å². The van der Waals surface area contributed by atoms with Gasteiger partial charge in [-0.05, 0) is 24.5 Å². The van der Waals surface area contributed by atoms with Crippen LogP contribution in [0, 0.1) is 24.2 Å². The second-order valence-electron chi connectivity index (χ2n) is 3.53. The van der Waals surface area contributed by atoms with Crippen molar-refractivity contribution in [2.75, 3.05) is 0 Å². The number of nitriles is 1. The van der Waals surface area contributed by atoms with Crippen LogP contribution in [0.15, 0.2) is 24.3 Å². The first-order chi connectivity index (χ1) is 6.70. The summed E-state index contributed by atoms with van der Waals surface area (Å²) in [5.41, 5.74) is 8.28. The molecule has 1 aromatic carbocycles. The summed E-state index contributed by atoms with van der Waals surface area (Å²) in [6.07, 6.45) is 0.798. The minimum Gasteiger partial charge on any atom is -0.323 e. The standard InChI is InChI=1S/C12H16N2/c1-3-10(8-13)12(14)11-7-5-4-6-9(11)2/h4-7,10,12H,3,14H2,1-2H3. The molecule has 74 valence electrons. The Morgan fingerprint density at radius 3 is 2.57 bits per heavy atom. The molecular formula is C12H16N2. The van der Waals surface area contributed by atoms with Gasteiger partial charge in [-0.15, -0.1) is 0 Å². The Kier molecular flexibility index (Phi) is 3.67. The number of benzene rings is 1. The topological polar surface area (TPSA) is 49.8 Å². The van der Waals surface area contributed by atoms with Gasteiger partial charge in [-0.25, -0.2) is 0 Å². The van der Waals surface area contributed by atoms with E-state index in [0.29, 0.717) is 0 Å². The van der Waals surface area contributed by atoms with Crippen molar-refractivity contribution < 1.29 is 0 Å². The fraction of sp³-hybridized carbons (Fsp3) is 0.417. The Bertz CT molecular complexity index is 338. The first-order valence-corrected chi connectivity index (χ1v) is 4.91. The Balaban J connectivity index is 2.95. The summed E-state index contributed by atoms with van der Waals surface area (Å²) in [6, 6.07) is 10.1. The van der Waals surface area contributed by atoms with Gasteiger partial charge in [0.1, 0.15) is 0 Å². The third kappa shape index (κ3) is 2.12. The van der Waals surface area contributed by atoms with Crippen LogP contribution in [0.5, 0.6) is 0 Å². The summed E-state index contributed by atoms with van der Waals surface area (Å²) < 4.78 is 0. The van der Waals surface area contributed by atoms with Gasteiger partial charge in [0.25, 0.3) is 0 Å². The molecule has 2 heteroatoms. The molecule has 1 rings (SSSR count). The van der Waals surface area contributed by atoms with Crippen molar-refractivity contribution in [3.05, 3.63) is 35.4 Å². The lowest BCUT2D eigenvalue weighted by atomic mass is 9.90. The zero-order chi connectivity index (χ0) is 10.6. The maximum absolute atomic E-state index is 8.92. The Labute approximate surface area is 85.4 Å². The van der Waals surface area contributed by atoms with E-state index in [4.69, 9.17) is 11.0 Å². The predicted octanol–water partition coefficient (Wildman–Crippen LogP) is 2.54. The lowest BCUT2D eigenvalue weighted by Gasteiger charge is -2.18.